The van der Waals surface area contributed by atoms with Crippen molar-refractivity contribution in [3.05, 3.63) is 0 Å². The number of quaternary nitrogens is 2. The molecular weight excluding hydrogens is 589 g/mol. The van der Waals surface area contributed by atoms with Gasteiger partial charge >= 0.3 is 0 Å². The normalized spacial score (nSPS) is 18.6. The maximum Gasteiger partial charge on any atom is 0.221 e. The Bertz CT molecular complexity index is 951. The second-order valence-corrected chi connectivity index (χ2v) is 18.5. The van der Waals surface area contributed by atoms with Gasteiger partial charge in [0.1, 0.15) is 0 Å². The molecule has 12 nitrogen and oxygen atoms in total. The molecule has 0 aromatic carbocycles. The molecular formula is C23H58N4O8S4+2. The van der Waals surface area contributed by atoms with E-state index in [0.717, 1.165) is 25.0 Å². The molecule has 39 heavy (non-hydrogen) atoms. The summed E-state index contributed by atoms with van der Waals surface area (Å²) in [5.41, 5.74) is 0. The van der Waals surface area contributed by atoms with Crippen LogP contribution in [0.2, 0.25) is 0 Å². The Morgan fingerprint density at radius 1 is 0.513 bits per heavy atom. The quantitative estimate of drug-likeness (QED) is 0.358. The molecule has 2 heterocycles. The van der Waals surface area contributed by atoms with E-state index in [4.69, 9.17) is 0 Å². The fourth-order valence-electron chi connectivity index (χ4n) is 4.45. The summed E-state index contributed by atoms with van der Waals surface area (Å²) in [7, 11) is -9.67. The number of likely N-dealkylation sites (tertiary alicyclic amines) is 2. The molecule has 2 aliphatic rings. The van der Waals surface area contributed by atoms with Gasteiger partial charge in [-0.05, 0) is 32.1 Å². The number of hydrogen-bond donors (Lipinski definition) is 2. The van der Waals surface area contributed by atoms with Crippen LogP contribution in [0.5, 0.6) is 0 Å². The highest BCUT2D eigenvalue weighted by Gasteiger charge is 2.25. The van der Waals surface area contributed by atoms with Crippen molar-refractivity contribution in [2.24, 2.45) is 0 Å². The summed E-state index contributed by atoms with van der Waals surface area (Å²) in [5, 5.41) is 0. The lowest BCUT2D eigenvalue weighted by Crippen LogP contribution is -2.48. The number of piperidine rings is 1. The maximum atomic E-state index is 10.2. The smallest absolute Gasteiger partial charge is 0.221 e. The van der Waals surface area contributed by atoms with E-state index in [-0.39, 0.29) is 7.43 Å². The van der Waals surface area contributed by atoms with E-state index in [1.165, 1.54) is 108 Å². The van der Waals surface area contributed by atoms with Crippen molar-refractivity contribution >= 4 is 40.1 Å². The van der Waals surface area contributed by atoms with Gasteiger partial charge < -0.3 is 8.97 Å². The van der Waals surface area contributed by atoms with Crippen LogP contribution in [0, 0.1) is 0 Å². The zero-order chi connectivity index (χ0) is 30.3. The van der Waals surface area contributed by atoms with Gasteiger partial charge in [0.15, 0.2) is 0 Å². The van der Waals surface area contributed by atoms with E-state index < -0.39 is 40.1 Å². The van der Waals surface area contributed by atoms with Gasteiger partial charge in [0, 0.05) is 12.8 Å². The molecule has 2 aliphatic heterocycles. The van der Waals surface area contributed by atoms with E-state index in [1.807, 2.05) is 0 Å². The van der Waals surface area contributed by atoms with E-state index in [0.29, 0.717) is 0 Å². The number of hydrogen-bond acceptors (Lipinski definition) is 8. The van der Waals surface area contributed by atoms with Crippen LogP contribution in [0.3, 0.4) is 0 Å². The third-order valence-electron chi connectivity index (χ3n) is 5.96. The summed E-state index contributed by atoms with van der Waals surface area (Å²) in [6, 6.07) is 0. The molecule has 0 aromatic rings. The van der Waals surface area contributed by atoms with Crippen LogP contribution in [-0.4, -0.2) is 121 Å². The van der Waals surface area contributed by atoms with Crippen molar-refractivity contribution in [2.75, 3.05) is 78.4 Å². The molecule has 2 rings (SSSR count). The lowest BCUT2D eigenvalue weighted by atomic mass is 10.1. The molecule has 0 atom stereocenters. The zero-order valence-corrected chi connectivity index (χ0v) is 28.0. The molecule has 2 saturated heterocycles. The van der Waals surface area contributed by atoms with E-state index in [2.05, 4.69) is 27.9 Å². The zero-order valence-electron chi connectivity index (χ0n) is 24.7. The number of unbranched alkanes of at least 4 members (excludes halogenated alkanes) is 1. The lowest BCUT2D eigenvalue weighted by molar-refractivity contribution is -0.914. The molecule has 0 aromatic heterocycles. The highest BCUT2D eigenvalue weighted by atomic mass is 32.3. The van der Waals surface area contributed by atoms with Gasteiger partial charge in [0.25, 0.3) is 0 Å². The summed E-state index contributed by atoms with van der Waals surface area (Å²) in [5.74, 6) is 0. The third kappa shape index (κ3) is 30.4. The van der Waals surface area contributed by atoms with E-state index in [1.54, 1.807) is 0 Å². The van der Waals surface area contributed by atoms with Crippen LogP contribution in [0.4, 0.5) is 0 Å². The fraction of sp³-hybridized carbons (Fsp3) is 1.00. The first-order valence-electron chi connectivity index (χ1n) is 13.0. The Morgan fingerprint density at radius 2 is 0.795 bits per heavy atom. The predicted molar refractivity (Wildman–Crippen MR) is 162 cm³/mol. The first-order chi connectivity index (χ1) is 16.9. The molecule has 240 valence electrons. The average molecular weight is 647 g/mol. The standard InChI is InChI=1S/2C9H20N.2C2H7NO4S2.CH4/c1-3-7-10(2)8-5-4-6-9-10;1-3-4-7-10(2)8-5-6-9-10;2*1-8(4,5)3-9(2,6)7;/h2*3-9H2,1-2H3;2*3H,1-2H3;1H4/q2*+1;;;. The van der Waals surface area contributed by atoms with E-state index >= 15 is 0 Å². The molecule has 0 bridgehead atoms. The number of nitrogens with one attached hydrogen (secondary N) is 2. The van der Waals surface area contributed by atoms with Gasteiger partial charge in [-0.15, -0.1) is 8.25 Å². The Hall–Kier alpha value is -0.360. The molecule has 2 N–H and O–H groups in total. The van der Waals surface area contributed by atoms with E-state index in [9.17, 15) is 33.7 Å². The van der Waals surface area contributed by atoms with Crippen LogP contribution < -0.4 is 8.25 Å². The van der Waals surface area contributed by atoms with Crippen molar-refractivity contribution in [2.45, 2.75) is 72.6 Å². The second-order valence-electron chi connectivity index (χ2n) is 11.0. The number of sulfonamides is 4. The van der Waals surface area contributed by atoms with Crippen LogP contribution in [-0.2, 0) is 40.1 Å². The Morgan fingerprint density at radius 3 is 1.03 bits per heavy atom. The first kappa shape index (κ1) is 43.1. The molecule has 16 heteroatoms. The van der Waals surface area contributed by atoms with Crippen LogP contribution >= 0.6 is 0 Å². The minimum Gasteiger partial charge on any atom is -0.326 e. The molecule has 0 radical (unpaired) electrons. The summed E-state index contributed by atoms with van der Waals surface area (Å²) in [4.78, 5) is 0. The summed E-state index contributed by atoms with van der Waals surface area (Å²) < 4.78 is 86.8. The minimum absolute atomic E-state index is 0. The van der Waals surface area contributed by atoms with Gasteiger partial charge in [0.05, 0.1) is 78.4 Å². The first-order valence-corrected chi connectivity index (χ1v) is 20.6. The summed E-state index contributed by atoms with van der Waals surface area (Å²) in [6.07, 6.45) is 14.5. The molecule has 0 saturated carbocycles. The molecule has 0 unspecified atom stereocenters. The Labute approximate surface area is 241 Å². The van der Waals surface area contributed by atoms with Crippen LogP contribution in [0.15, 0.2) is 0 Å². The Balaban J connectivity index is -0.000000440. The van der Waals surface area contributed by atoms with Crippen molar-refractivity contribution in [3.63, 3.8) is 0 Å². The monoisotopic (exact) mass is 646 g/mol. The fourth-order valence-corrected chi connectivity index (χ4v) is 8.85. The van der Waals surface area contributed by atoms with Crippen LogP contribution in [0.1, 0.15) is 72.6 Å². The molecule has 2 fully saturated rings. The maximum absolute atomic E-state index is 10.2. The third-order valence-corrected chi connectivity index (χ3v) is 10.8. The van der Waals surface area contributed by atoms with Crippen LogP contribution in [0.25, 0.3) is 0 Å². The predicted octanol–water partition coefficient (Wildman–Crippen LogP) is 1.68. The topological polar surface area (TPSA) is 161 Å². The van der Waals surface area contributed by atoms with Gasteiger partial charge in [0.2, 0.25) is 40.1 Å². The highest BCUT2D eigenvalue weighted by molar-refractivity contribution is 8.04. The highest BCUT2D eigenvalue weighted by Crippen LogP contribution is 2.17. The summed E-state index contributed by atoms with van der Waals surface area (Å²) >= 11 is 0. The second kappa shape index (κ2) is 18.9. The SMILES string of the molecule is C.CCCC[N+]1(C)CCCC1.CCC[N+]1(C)CCCCC1.CS(=O)(=O)NS(C)(=O)=O.CS(=O)(=O)NS(C)(=O)=O. The Kier molecular flexibility index (Phi) is 20.9. The van der Waals surface area contributed by atoms with Crippen molar-refractivity contribution < 1.29 is 42.6 Å². The minimum atomic E-state index is -3.62. The molecule has 0 spiro atoms. The van der Waals surface area contributed by atoms with Gasteiger partial charge in [-0.25, -0.2) is 33.7 Å². The lowest BCUT2D eigenvalue weighted by Gasteiger charge is -2.37. The largest absolute Gasteiger partial charge is 0.326 e. The average Bonchev–Trinajstić information content (AvgIpc) is 3.09. The van der Waals surface area contributed by atoms with Gasteiger partial charge in [-0.1, -0.05) is 27.7 Å². The van der Waals surface area contributed by atoms with Crippen molar-refractivity contribution in [1.29, 1.82) is 0 Å². The molecule has 0 aliphatic carbocycles. The van der Waals surface area contributed by atoms with Crippen molar-refractivity contribution in [3.8, 4) is 0 Å². The van der Waals surface area contributed by atoms with Crippen molar-refractivity contribution in [1.82, 2.24) is 8.25 Å². The number of rotatable bonds is 9. The van der Waals surface area contributed by atoms with Gasteiger partial charge in [-0.2, -0.15) is 0 Å². The molecule has 0 amide bonds. The summed E-state index contributed by atoms with van der Waals surface area (Å²) in [6.45, 7) is 13.1. The number of nitrogens with zero attached hydrogens (tertiary/aromatic N) is 2. The van der Waals surface area contributed by atoms with Gasteiger partial charge in [-0.3, -0.25) is 0 Å².